The number of ether oxygens (including phenoxy) is 1. The number of nitrogens with zero attached hydrogens (tertiary/aromatic N) is 1. The maximum atomic E-state index is 13.1. The number of rotatable bonds is 8. The lowest BCUT2D eigenvalue weighted by Crippen LogP contribution is -2.48. The molecule has 7 nitrogen and oxygen atoms in total. The average molecular weight is 469 g/mol. The van der Waals surface area contributed by atoms with Crippen molar-refractivity contribution < 1.29 is 22.7 Å². The van der Waals surface area contributed by atoms with E-state index in [-0.39, 0.29) is 11.8 Å². The highest BCUT2D eigenvalue weighted by Crippen LogP contribution is 2.28. The molecule has 0 unspecified atom stereocenters. The van der Waals surface area contributed by atoms with Gasteiger partial charge in [0, 0.05) is 19.0 Å². The van der Waals surface area contributed by atoms with E-state index in [2.05, 4.69) is 5.32 Å². The van der Waals surface area contributed by atoms with Gasteiger partial charge >= 0.3 is 5.97 Å². The number of esters is 1. The largest absolute Gasteiger partial charge is 0.467 e. The van der Waals surface area contributed by atoms with E-state index in [0.29, 0.717) is 37.2 Å². The summed E-state index contributed by atoms with van der Waals surface area (Å²) < 4.78 is 32.5. The molecule has 1 heterocycles. The molecule has 1 fully saturated rings. The Hall–Kier alpha value is -1.58. The second-order valence-electron chi connectivity index (χ2n) is 8.18. The third kappa shape index (κ3) is 5.81. The molecular weight excluding hydrogens is 436 g/mol. The second-order valence-corrected chi connectivity index (χ2v) is 11.1. The zero-order chi connectivity index (χ0) is 22.4. The van der Waals surface area contributed by atoms with Crippen molar-refractivity contribution in [3.8, 4) is 0 Å². The van der Waals surface area contributed by atoms with Crippen LogP contribution in [-0.2, 0) is 37.2 Å². The lowest BCUT2D eigenvalue weighted by atomic mass is 9.92. The molecule has 1 aromatic rings. The van der Waals surface area contributed by atoms with Crippen LogP contribution >= 0.6 is 11.8 Å². The van der Waals surface area contributed by atoms with Crippen LogP contribution in [0.4, 0.5) is 0 Å². The Labute approximate surface area is 189 Å². The predicted molar refractivity (Wildman–Crippen MR) is 122 cm³/mol. The number of methoxy groups -OCH3 is 1. The number of fused-ring (bicyclic) bond motifs is 1. The first-order valence-corrected chi connectivity index (χ1v) is 13.7. The fourth-order valence-electron chi connectivity index (χ4n) is 4.29. The summed E-state index contributed by atoms with van der Waals surface area (Å²) in [5, 5.41) is 2.80. The molecule has 1 amide bonds. The highest BCUT2D eigenvalue weighted by atomic mass is 32.2. The third-order valence-corrected chi connectivity index (χ3v) is 8.73. The van der Waals surface area contributed by atoms with Gasteiger partial charge in [-0.25, -0.2) is 13.2 Å². The molecule has 1 aliphatic heterocycles. The van der Waals surface area contributed by atoms with Crippen LogP contribution in [0.15, 0.2) is 23.1 Å². The van der Waals surface area contributed by atoms with Gasteiger partial charge in [0.25, 0.3) is 0 Å². The Morgan fingerprint density at radius 2 is 1.87 bits per heavy atom. The maximum Gasteiger partial charge on any atom is 0.328 e. The van der Waals surface area contributed by atoms with Crippen molar-refractivity contribution in [2.75, 3.05) is 32.2 Å². The van der Waals surface area contributed by atoms with Crippen molar-refractivity contribution in [3.05, 3.63) is 29.3 Å². The SMILES string of the molecule is COC(=O)[C@@H](CCSC)NC(=O)C1CCN(S(=O)(=O)c2ccc3c(c2)CCCC3)CC1. The normalized spacial score (nSPS) is 18.8. The van der Waals surface area contributed by atoms with Gasteiger partial charge in [0.1, 0.15) is 6.04 Å². The number of nitrogens with one attached hydrogen (secondary N) is 1. The molecule has 0 saturated carbocycles. The Balaban J connectivity index is 1.60. The number of hydrogen-bond donors (Lipinski definition) is 1. The number of benzene rings is 1. The van der Waals surface area contributed by atoms with Gasteiger partial charge in [-0.05, 0) is 80.2 Å². The van der Waals surface area contributed by atoms with Gasteiger partial charge in [-0.15, -0.1) is 0 Å². The third-order valence-electron chi connectivity index (χ3n) is 6.20. The van der Waals surface area contributed by atoms with Crippen molar-refractivity contribution >= 4 is 33.7 Å². The molecule has 2 aliphatic rings. The molecule has 0 aromatic heterocycles. The molecule has 1 N–H and O–H groups in total. The molecule has 1 aromatic carbocycles. The minimum atomic E-state index is -3.57. The van der Waals surface area contributed by atoms with E-state index in [1.807, 2.05) is 18.4 Å². The number of sulfonamides is 1. The first-order valence-electron chi connectivity index (χ1n) is 10.9. The fourth-order valence-corrected chi connectivity index (χ4v) is 6.29. The van der Waals surface area contributed by atoms with E-state index < -0.39 is 22.0 Å². The summed E-state index contributed by atoms with van der Waals surface area (Å²) in [6.07, 6.45) is 7.51. The minimum Gasteiger partial charge on any atom is -0.467 e. The smallest absolute Gasteiger partial charge is 0.328 e. The zero-order valence-electron chi connectivity index (χ0n) is 18.3. The summed E-state index contributed by atoms with van der Waals surface area (Å²) in [5.74, 6) is -0.231. The van der Waals surface area contributed by atoms with Crippen LogP contribution in [0, 0.1) is 5.92 Å². The molecule has 1 atom stereocenters. The molecule has 172 valence electrons. The molecular formula is C22H32N2O5S2. The lowest BCUT2D eigenvalue weighted by molar-refractivity contribution is -0.145. The molecule has 1 saturated heterocycles. The Morgan fingerprint density at radius 3 is 2.52 bits per heavy atom. The molecule has 1 aliphatic carbocycles. The van der Waals surface area contributed by atoms with E-state index in [9.17, 15) is 18.0 Å². The number of carbonyl (C=O) groups excluding carboxylic acids is 2. The van der Waals surface area contributed by atoms with Crippen LogP contribution in [0.5, 0.6) is 0 Å². The standard InChI is InChI=1S/C22H32N2O5S2/c1-29-22(26)20(11-14-30-2)23-21(25)17-9-12-24(13-10-17)31(27,28)19-8-7-16-5-3-4-6-18(16)15-19/h7-8,15,17,20H,3-6,9-14H2,1-2H3,(H,23,25)/t20-/m1/s1. The Morgan fingerprint density at radius 1 is 1.19 bits per heavy atom. The van der Waals surface area contributed by atoms with Crippen LogP contribution < -0.4 is 5.32 Å². The zero-order valence-corrected chi connectivity index (χ0v) is 19.9. The highest BCUT2D eigenvalue weighted by molar-refractivity contribution is 7.98. The van der Waals surface area contributed by atoms with Gasteiger partial charge in [-0.1, -0.05) is 6.07 Å². The van der Waals surface area contributed by atoms with Crippen molar-refractivity contribution in [1.82, 2.24) is 9.62 Å². The Bertz CT molecular complexity index is 895. The van der Waals surface area contributed by atoms with Gasteiger partial charge in [0.05, 0.1) is 12.0 Å². The highest BCUT2D eigenvalue weighted by Gasteiger charge is 2.34. The van der Waals surface area contributed by atoms with Crippen molar-refractivity contribution in [2.24, 2.45) is 5.92 Å². The van der Waals surface area contributed by atoms with E-state index in [1.165, 1.54) is 17.0 Å². The summed E-state index contributed by atoms with van der Waals surface area (Å²) in [5.41, 5.74) is 2.39. The second kappa shape index (κ2) is 10.8. The minimum absolute atomic E-state index is 0.206. The number of amides is 1. The van der Waals surface area contributed by atoms with Crippen LogP contribution in [0.2, 0.25) is 0 Å². The molecule has 3 rings (SSSR count). The molecule has 31 heavy (non-hydrogen) atoms. The van der Waals surface area contributed by atoms with Gasteiger partial charge in [-0.2, -0.15) is 16.1 Å². The van der Waals surface area contributed by atoms with E-state index in [1.54, 1.807) is 17.8 Å². The van der Waals surface area contributed by atoms with Crippen LogP contribution in [-0.4, -0.2) is 62.8 Å². The molecule has 0 bridgehead atoms. The average Bonchev–Trinajstić information content (AvgIpc) is 2.80. The van der Waals surface area contributed by atoms with E-state index >= 15 is 0 Å². The number of thioether (sulfide) groups is 1. The van der Waals surface area contributed by atoms with Gasteiger partial charge in [0.2, 0.25) is 15.9 Å². The van der Waals surface area contributed by atoms with Gasteiger partial charge in [0.15, 0.2) is 0 Å². The monoisotopic (exact) mass is 468 g/mol. The summed E-state index contributed by atoms with van der Waals surface area (Å²) in [6, 6.07) is 4.82. The van der Waals surface area contributed by atoms with Crippen molar-refractivity contribution in [2.45, 2.75) is 55.9 Å². The van der Waals surface area contributed by atoms with Crippen molar-refractivity contribution in [1.29, 1.82) is 0 Å². The fraction of sp³-hybridized carbons (Fsp3) is 0.636. The summed E-state index contributed by atoms with van der Waals surface area (Å²) >= 11 is 1.60. The number of hydrogen-bond acceptors (Lipinski definition) is 6. The van der Waals surface area contributed by atoms with Gasteiger partial charge < -0.3 is 10.1 Å². The van der Waals surface area contributed by atoms with E-state index in [4.69, 9.17) is 4.74 Å². The van der Waals surface area contributed by atoms with Crippen LogP contribution in [0.1, 0.15) is 43.2 Å². The van der Waals surface area contributed by atoms with E-state index in [0.717, 1.165) is 37.0 Å². The molecule has 0 radical (unpaired) electrons. The quantitative estimate of drug-likeness (QED) is 0.589. The summed E-state index contributed by atoms with van der Waals surface area (Å²) in [4.78, 5) is 25.0. The van der Waals surface area contributed by atoms with Crippen LogP contribution in [0.25, 0.3) is 0 Å². The first-order chi connectivity index (χ1) is 14.9. The van der Waals surface area contributed by atoms with Gasteiger partial charge in [-0.3, -0.25) is 4.79 Å². The van der Waals surface area contributed by atoms with Crippen molar-refractivity contribution in [3.63, 3.8) is 0 Å². The summed E-state index contributed by atoms with van der Waals surface area (Å²) in [6.45, 7) is 0.594. The number of piperidine rings is 1. The first kappa shape index (κ1) is 24.1. The molecule has 9 heteroatoms. The predicted octanol–water partition coefficient (Wildman–Crippen LogP) is 2.38. The Kier molecular flexibility index (Phi) is 8.41. The van der Waals surface area contributed by atoms with Crippen LogP contribution in [0.3, 0.4) is 0 Å². The maximum absolute atomic E-state index is 13.1. The molecule has 0 spiro atoms. The number of aryl methyl sites for hydroxylation is 2. The number of carbonyl (C=O) groups is 2. The summed E-state index contributed by atoms with van der Waals surface area (Å²) in [7, 11) is -2.26. The topological polar surface area (TPSA) is 92.8 Å². The lowest BCUT2D eigenvalue weighted by Gasteiger charge is -2.31.